The molecule has 2 heterocycles. The number of aliphatic imine (C=N–C) groups is 1. The van der Waals surface area contributed by atoms with E-state index in [-0.39, 0.29) is 10.9 Å². The van der Waals surface area contributed by atoms with Crippen molar-refractivity contribution in [3.05, 3.63) is 0 Å². The number of amidine groups is 1. The molecule has 1 N–H and O–H groups in total. The molecular weight excluding hydrogens is 246 g/mol. The Bertz CT molecular complexity index is 311. The number of nitrogens with zero attached hydrogens (tertiary/aromatic N) is 3. The fraction of sp³-hybridized carbons (Fsp3) is 0.923. The minimum Gasteiger partial charge on any atom is -0.392 e. The summed E-state index contributed by atoms with van der Waals surface area (Å²) in [7, 11) is 0. The van der Waals surface area contributed by atoms with Crippen LogP contribution in [-0.2, 0) is 0 Å². The van der Waals surface area contributed by atoms with Crippen LogP contribution < -0.4 is 0 Å². The Morgan fingerprint density at radius 3 is 2.50 bits per heavy atom. The average Bonchev–Trinajstić information content (AvgIpc) is 2.70. The number of β-amino-alcohol motifs (C(OH)–C–C–N with tert-alkyl or cyclic N) is 1. The molecule has 0 bridgehead atoms. The molecule has 2 rings (SSSR count). The molecule has 0 aromatic rings. The Balaban J connectivity index is 1.77. The number of aliphatic hydroxyl groups excluding tert-OH is 1. The quantitative estimate of drug-likeness (QED) is 0.839. The lowest BCUT2D eigenvalue weighted by Gasteiger charge is -2.36. The monoisotopic (exact) mass is 271 g/mol. The van der Waals surface area contributed by atoms with Gasteiger partial charge in [-0.2, -0.15) is 0 Å². The maximum absolute atomic E-state index is 9.67. The summed E-state index contributed by atoms with van der Waals surface area (Å²) in [5, 5.41) is 10.9. The second-order valence-electron chi connectivity index (χ2n) is 5.81. The van der Waals surface area contributed by atoms with Crippen molar-refractivity contribution in [3.8, 4) is 0 Å². The van der Waals surface area contributed by atoms with Crippen LogP contribution in [0.1, 0.15) is 27.2 Å². The van der Waals surface area contributed by atoms with Gasteiger partial charge in [-0.05, 0) is 20.3 Å². The van der Waals surface area contributed by atoms with Gasteiger partial charge in [0.2, 0.25) is 0 Å². The molecule has 0 spiro atoms. The van der Waals surface area contributed by atoms with Gasteiger partial charge in [0.25, 0.3) is 0 Å². The van der Waals surface area contributed by atoms with E-state index < -0.39 is 0 Å². The number of hydrogen-bond donors (Lipinski definition) is 1. The van der Waals surface area contributed by atoms with Crippen molar-refractivity contribution in [2.45, 2.75) is 38.0 Å². The normalized spacial score (nSPS) is 26.2. The second kappa shape index (κ2) is 5.80. The van der Waals surface area contributed by atoms with Crippen molar-refractivity contribution in [2.24, 2.45) is 4.99 Å². The summed E-state index contributed by atoms with van der Waals surface area (Å²) in [6.45, 7) is 12.4. The first kappa shape index (κ1) is 14.2. The molecule has 2 aliphatic heterocycles. The van der Waals surface area contributed by atoms with E-state index in [1.54, 1.807) is 0 Å². The Morgan fingerprint density at radius 1 is 1.33 bits per heavy atom. The zero-order valence-corrected chi connectivity index (χ0v) is 12.5. The number of piperazine rings is 1. The molecule has 0 unspecified atom stereocenters. The third-order valence-corrected chi connectivity index (χ3v) is 4.80. The van der Waals surface area contributed by atoms with Crippen molar-refractivity contribution in [2.75, 3.05) is 39.3 Å². The van der Waals surface area contributed by atoms with E-state index in [0.717, 1.165) is 45.7 Å². The summed E-state index contributed by atoms with van der Waals surface area (Å²) in [6.07, 6.45) is 0.672. The van der Waals surface area contributed by atoms with E-state index in [9.17, 15) is 5.11 Å². The maximum Gasteiger partial charge on any atom is 0.159 e. The lowest BCUT2D eigenvalue weighted by Crippen LogP contribution is -2.49. The van der Waals surface area contributed by atoms with Crippen LogP contribution in [0.25, 0.3) is 0 Å². The Hall–Kier alpha value is -0.260. The number of hydrogen-bond acceptors (Lipinski definition) is 5. The van der Waals surface area contributed by atoms with Crippen molar-refractivity contribution in [3.63, 3.8) is 0 Å². The van der Waals surface area contributed by atoms with Gasteiger partial charge >= 0.3 is 0 Å². The maximum atomic E-state index is 9.67. The molecular formula is C13H25N3OS. The van der Waals surface area contributed by atoms with Gasteiger partial charge in [0.1, 0.15) is 0 Å². The molecule has 18 heavy (non-hydrogen) atoms. The molecule has 1 saturated heterocycles. The van der Waals surface area contributed by atoms with Gasteiger partial charge in [0.15, 0.2) is 5.17 Å². The van der Waals surface area contributed by atoms with E-state index in [0.29, 0.717) is 0 Å². The third kappa shape index (κ3) is 3.62. The first-order valence-electron chi connectivity index (χ1n) is 6.89. The molecule has 4 nitrogen and oxygen atoms in total. The summed E-state index contributed by atoms with van der Waals surface area (Å²) in [5.41, 5.74) is 0. The fourth-order valence-electron chi connectivity index (χ4n) is 2.28. The average molecular weight is 271 g/mol. The van der Waals surface area contributed by atoms with E-state index in [1.165, 1.54) is 5.17 Å². The Morgan fingerprint density at radius 2 is 2.00 bits per heavy atom. The smallest absolute Gasteiger partial charge is 0.159 e. The molecule has 0 radical (unpaired) electrons. The summed E-state index contributed by atoms with van der Waals surface area (Å²) in [4.78, 5) is 9.41. The van der Waals surface area contributed by atoms with Crippen LogP contribution >= 0.6 is 11.8 Å². The SMILES string of the molecule is CC[C@@H](O)CN1CCN(C2=NCC(C)(C)S2)CC1. The highest BCUT2D eigenvalue weighted by atomic mass is 32.2. The zero-order chi connectivity index (χ0) is 13.2. The van der Waals surface area contributed by atoms with Crippen LogP contribution in [0.15, 0.2) is 4.99 Å². The van der Waals surface area contributed by atoms with Gasteiger partial charge in [0.05, 0.1) is 12.6 Å². The highest BCUT2D eigenvalue weighted by molar-refractivity contribution is 8.15. The van der Waals surface area contributed by atoms with Crippen LogP contribution in [0.5, 0.6) is 0 Å². The second-order valence-corrected chi connectivity index (χ2v) is 7.48. The summed E-state index contributed by atoms with van der Waals surface area (Å²) in [5.74, 6) is 0. The predicted molar refractivity (Wildman–Crippen MR) is 78.3 cm³/mol. The number of aliphatic hydroxyl groups is 1. The summed E-state index contributed by atoms with van der Waals surface area (Å²) in [6, 6.07) is 0. The van der Waals surface area contributed by atoms with Crippen molar-refractivity contribution >= 4 is 16.9 Å². The third-order valence-electron chi connectivity index (χ3n) is 3.55. The van der Waals surface area contributed by atoms with Crippen LogP contribution in [0.4, 0.5) is 0 Å². The van der Waals surface area contributed by atoms with Crippen LogP contribution in [0, 0.1) is 0 Å². The molecule has 0 aromatic heterocycles. The molecule has 1 atom stereocenters. The predicted octanol–water partition coefficient (Wildman–Crippen LogP) is 1.26. The molecule has 1 fully saturated rings. The standard InChI is InChI=1S/C13H25N3OS/c1-4-11(17)9-15-5-7-16(8-6-15)12-14-10-13(2,3)18-12/h11,17H,4-10H2,1-3H3/t11-/m1/s1. The molecule has 0 aliphatic carbocycles. The number of rotatable bonds is 3. The molecule has 0 aromatic carbocycles. The zero-order valence-electron chi connectivity index (χ0n) is 11.7. The van der Waals surface area contributed by atoms with E-state index in [2.05, 4.69) is 28.6 Å². The van der Waals surface area contributed by atoms with Crippen molar-refractivity contribution in [1.82, 2.24) is 9.80 Å². The molecule has 5 heteroatoms. The van der Waals surface area contributed by atoms with Crippen LogP contribution in [-0.4, -0.2) is 70.2 Å². The Labute approximate surface area is 114 Å². The van der Waals surface area contributed by atoms with E-state index >= 15 is 0 Å². The van der Waals surface area contributed by atoms with Gasteiger partial charge in [-0.25, -0.2) is 0 Å². The molecule has 104 valence electrons. The first-order valence-corrected chi connectivity index (χ1v) is 7.70. The van der Waals surface area contributed by atoms with E-state index in [4.69, 9.17) is 0 Å². The lowest BCUT2D eigenvalue weighted by molar-refractivity contribution is 0.0880. The van der Waals surface area contributed by atoms with Crippen molar-refractivity contribution in [1.29, 1.82) is 0 Å². The fourth-order valence-corrected chi connectivity index (χ4v) is 3.35. The molecule has 0 saturated carbocycles. The van der Waals surface area contributed by atoms with Crippen LogP contribution in [0.2, 0.25) is 0 Å². The first-order chi connectivity index (χ1) is 8.50. The van der Waals surface area contributed by atoms with E-state index in [1.807, 2.05) is 18.7 Å². The van der Waals surface area contributed by atoms with Gasteiger partial charge in [-0.1, -0.05) is 18.7 Å². The van der Waals surface area contributed by atoms with Gasteiger partial charge in [-0.15, -0.1) is 0 Å². The largest absolute Gasteiger partial charge is 0.392 e. The molecule has 2 aliphatic rings. The van der Waals surface area contributed by atoms with Gasteiger partial charge in [-0.3, -0.25) is 9.89 Å². The lowest BCUT2D eigenvalue weighted by atomic mass is 10.2. The highest BCUT2D eigenvalue weighted by Crippen LogP contribution is 2.33. The molecule has 0 amide bonds. The summed E-state index contributed by atoms with van der Waals surface area (Å²) < 4.78 is 0.269. The topological polar surface area (TPSA) is 39.1 Å². The van der Waals surface area contributed by atoms with Gasteiger partial charge in [0, 0.05) is 37.5 Å². The highest BCUT2D eigenvalue weighted by Gasteiger charge is 2.31. The number of thioether (sulfide) groups is 1. The Kier molecular flexibility index (Phi) is 4.56. The van der Waals surface area contributed by atoms with Gasteiger partial charge < -0.3 is 10.0 Å². The minimum absolute atomic E-state index is 0.173. The minimum atomic E-state index is -0.173. The van der Waals surface area contributed by atoms with Crippen molar-refractivity contribution < 1.29 is 5.11 Å². The summed E-state index contributed by atoms with van der Waals surface area (Å²) >= 11 is 1.90. The van der Waals surface area contributed by atoms with Crippen LogP contribution in [0.3, 0.4) is 0 Å².